The maximum Gasteiger partial charge on any atom is 0.161 e. The van der Waals surface area contributed by atoms with Crippen LogP contribution < -0.4 is 18.9 Å². The van der Waals surface area contributed by atoms with Gasteiger partial charge in [0, 0.05) is 22.8 Å². The van der Waals surface area contributed by atoms with Crippen LogP contribution in [-0.4, -0.2) is 27.4 Å². The van der Waals surface area contributed by atoms with Crippen LogP contribution in [0.3, 0.4) is 0 Å². The second-order valence-electron chi connectivity index (χ2n) is 7.06. The molecule has 0 aromatic heterocycles. The first-order chi connectivity index (χ1) is 15.2. The van der Waals surface area contributed by atoms with Gasteiger partial charge in [0.25, 0.3) is 0 Å². The van der Waals surface area contributed by atoms with Crippen LogP contribution in [0.5, 0.6) is 23.0 Å². The molecule has 0 saturated carbocycles. The molecule has 0 spiro atoms. The van der Waals surface area contributed by atoms with Gasteiger partial charge in [-0.25, -0.2) is 0 Å². The van der Waals surface area contributed by atoms with E-state index in [0.717, 1.165) is 52.2 Å². The molecule has 0 atom stereocenters. The van der Waals surface area contributed by atoms with Crippen molar-refractivity contribution in [2.45, 2.75) is 33.6 Å². The third-order valence-corrected chi connectivity index (χ3v) is 5.05. The lowest BCUT2D eigenvalue weighted by atomic mass is 9.89. The van der Waals surface area contributed by atoms with E-state index in [4.69, 9.17) is 18.9 Å². The molecular weight excluding hydrogens is 388 g/mol. The van der Waals surface area contributed by atoms with Crippen LogP contribution in [0.1, 0.15) is 32.8 Å². The van der Waals surface area contributed by atoms with Crippen molar-refractivity contribution in [1.82, 2.24) is 0 Å². The Morgan fingerprint density at radius 2 is 1.45 bits per heavy atom. The van der Waals surface area contributed by atoms with Gasteiger partial charge in [-0.15, -0.1) is 0 Å². The Hall–Kier alpha value is -3.14. The van der Waals surface area contributed by atoms with E-state index in [1.807, 2.05) is 50.2 Å². The molecule has 0 aliphatic rings. The third-order valence-electron chi connectivity index (χ3n) is 5.05. The highest BCUT2D eigenvalue weighted by atomic mass is 16.5. The lowest BCUT2D eigenvalue weighted by Gasteiger charge is -2.23. The topological polar surface area (TPSA) is 36.9 Å². The first-order valence-electron chi connectivity index (χ1n) is 10.8. The molecule has 3 rings (SSSR count). The first-order valence-corrected chi connectivity index (χ1v) is 10.8. The molecule has 1 radical (unpaired) electrons. The predicted molar refractivity (Wildman–Crippen MR) is 126 cm³/mol. The standard InChI is InChI=1S/C27H31O4/c1-6-12-21-18-24(30-7-2)25(20-15-16-22(28-4)23(17-20)29-5)26(27(21)31-8-3)19-13-10-9-11-14-19/h9-11,13-17H,6-8,12H2,1-5H3. The van der Waals surface area contributed by atoms with Crippen molar-refractivity contribution in [3.63, 3.8) is 0 Å². The van der Waals surface area contributed by atoms with E-state index in [2.05, 4.69) is 25.1 Å². The number of ether oxygens (including phenoxy) is 4. The Kier molecular flexibility index (Phi) is 7.82. The number of hydrogen-bond donors (Lipinski definition) is 0. The Morgan fingerprint density at radius 1 is 0.742 bits per heavy atom. The molecule has 0 fully saturated rings. The zero-order valence-electron chi connectivity index (χ0n) is 19.1. The van der Waals surface area contributed by atoms with Gasteiger partial charge >= 0.3 is 0 Å². The van der Waals surface area contributed by atoms with Gasteiger partial charge in [-0.3, -0.25) is 0 Å². The largest absolute Gasteiger partial charge is 0.493 e. The Balaban J connectivity index is 2.41. The first kappa shape index (κ1) is 22.5. The zero-order chi connectivity index (χ0) is 22.2. The van der Waals surface area contributed by atoms with Crippen molar-refractivity contribution < 1.29 is 18.9 Å². The van der Waals surface area contributed by atoms with Gasteiger partial charge in [-0.1, -0.05) is 49.7 Å². The third kappa shape index (κ3) is 4.79. The molecular formula is C27H31O4. The monoisotopic (exact) mass is 419 g/mol. The predicted octanol–water partition coefficient (Wildman–Crippen LogP) is 6.59. The summed E-state index contributed by atoms with van der Waals surface area (Å²) in [5.41, 5.74) is 5.02. The quantitative estimate of drug-likeness (QED) is 0.371. The summed E-state index contributed by atoms with van der Waals surface area (Å²) in [7, 11) is 3.28. The molecule has 3 aromatic rings. The van der Waals surface area contributed by atoms with Crippen LogP contribution in [0, 0.1) is 6.07 Å². The zero-order valence-corrected chi connectivity index (χ0v) is 19.1. The minimum absolute atomic E-state index is 0.546. The fraction of sp³-hybridized carbons (Fsp3) is 0.333. The summed E-state index contributed by atoms with van der Waals surface area (Å²) in [5, 5.41) is 0. The van der Waals surface area contributed by atoms with Crippen LogP contribution in [0.15, 0.2) is 48.5 Å². The maximum absolute atomic E-state index is 6.23. The van der Waals surface area contributed by atoms with E-state index in [1.165, 1.54) is 0 Å². The molecule has 4 nitrogen and oxygen atoms in total. The molecule has 163 valence electrons. The molecule has 0 aliphatic heterocycles. The van der Waals surface area contributed by atoms with Crippen molar-refractivity contribution in [1.29, 1.82) is 0 Å². The van der Waals surface area contributed by atoms with Crippen molar-refractivity contribution >= 4 is 0 Å². The summed E-state index contributed by atoms with van der Waals surface area (Å²) in [5.74, 6) is 2.93. The Bertz CT molecular complexity index is 996. The molecule has 31 heavy (non-hydrogen) atoms. The van der Waals surface area contributed by atoms with E-state index in [1.54, 1.807) is 14.2 Å². The lowest BCUT2D eigenvalue weighted by molar-refractivity contribution is 0.329. The van der Waals surface area contributed by atoms with Crippen molar-refractivity contribution in [3.05, 3.63) is 60.2 Å². The van der Waals surface area contributed by atoms with Crippen molar-refractivity contribution in [3.8, 4) is 45.3 Å². The molecule has 4 heteroatoms. The highest BCUT2D eigenvalue weighted by Crippen LogP contribution is 2.48. The molecule has 0 saturated heterocycles. The van der Waals surface area contributed by atoms with Crippen molar-refractivity contribution in [2.75, 3.05) is 27.4 Å². The number of methoxy groups -OCH3 is 2. The fourth-order valence-corrected chi connectivity index (χ4v) is 3.76. The summed E-state index contributed by atoms with van der Waals surface area (Å²) < 4.78 is 23.4. The SMILES string of the molecule is CCCc1[c]c(OCC)c(-c2ccc(OC)c(OC)c2)c(-c2ccccc2)c1OCC. The summed E-state index contributed by atoms with van der Waals surface area (Å²) in [6.07, 6.45) is 1.85. The molecule has 0 amide bonds. The van der Waals surface area contributed by atoms with Gasteiger partial charge in [-0.05, 0) is 43.5 Å². The van der Waals surface area contributed by atoms with E-state index in [9.17, 15) is 0 Å². The van der Waals surface area contributed by atoms with Gasteiger partial charge in [0.05, 0.1) is 27.4 Å². The van der Waals surface area contributed by atoms with Crippen LogP contribution in [0.25, 0.3) is 22.3 Å². The second-order valence-corrected chi connectivity index (χ2v) is 7.06. The normalized spacial score (nSPS) is 10.6. The van der Waals surface area contributed by atoms with Crippen LogP contribution in [0.2, 0.25) is 0 Å². The second kappa shape index (κ2) is 10.8. The summed E-state index contributed by atoms with van der Waals surface area (Å²) >= 11 is 0. The molecule has 0 bridgehead atoms. The number of hydrogen-bond acceptors (Lipinski definition) is 4. The average Bonchev–Trinajstić information content (AvgIpc) is 2.81. The molecule has 0 N–H and O–H groups in total. The number of rotatable bonds is 10. The van der Waals surface area contributed by atoms with Gasteiger partial charge in [0.2, 0.25) is 0 Å². The summed E-state index contributed by atoms with van der Waals surface area (Å²) in [6, 6.07) is 19.8. The highest BCUT2D eigenvalue weighted by molar-refractivity contribution is 5.93. The summed E-state index contributed by atoms with van der Waals surface area (Å²) in [4.78, 5) is 0. The minimum Gasteiger partial charge on any atom is -0.493 e. The Morgan fingerprint density at radius 3 is 2.06 bits per heavy atom. The molecule has 0 aliphatic carbocycles. The minimum atomic E-state index is 0.546. The van der Waals surface area contributed by atoms with Crippen LogP contribution in [0.4, 0.5) is 0 Å². The molecule has 3 aromatic carbocycles. The maximum atomic E-state index is 6.23. The number of benzene rings is 3. The smallest absolute Gasteiger partial charge is 0.161 e. The van der Waals surface area contributed by atoms with Crippen LogP contribution in [-0.2, 0) is 6.42 Å². The van der Waals surface area contributed by atoms with Crippen molar-refractivity contribution in [2.24, 2.45) is 0 Å². The van der Waals surface area contributed by atoms with E-state index in [-0.39, 0.29) is 0 Å². The molecule has 0 heterocycles. The van der Waals surface area contributed by atoms with E-state index in [0.29, 0.717) is 24.7 Å². The highest BCUT2D eigenvalue weighted by Gasteiger charge is 2.24. The lowest BCUT2D eigenvalue weighted by Crippen LogP contribution is -2.05. The number of aryl methyl sites for hydroxylation is 1. The van der Waals surface area contributed by atoms with Gasteiger partial charge in [0.1, 0.15) is 11.5 Å². The fourth-order valence-electron chi connectivity index (χ4n) is 3.76. The van der Waals surface area contributed by atoms with Crippen LogP contribution >= 0.6 is 0 Å². The van der Waals surface area contributed by atoms with Gasteiger partial charge in [-0.2, -0.15) is 0 Å². The average molecular weight is 420 g/mol. The van der Waals surface area contributed by atoms with Gasteiger partial charge < -0.3 is 18.9 Å². The van der Waals surface area contributed by atoms with E-state index < -0.39 is 0 Å². The van der Waals surface area contributed by atoms with E-state index >= 15 is 0 Å². The summed E-state index contributed by atoms with van der Waals surface area (Å²) in [6.45, 7) is 7.28. The molecule has 0 unspecified atom stereocenters. The Labute approximate surface area is 185 Å². The van der Waals surface area contributed by atoms with Gasteiger partial charge in [0.15, 0.2) is 11.5 Å².